The summed E-state index contributed by atoms with van der Waals surface area (Å²) in [5.74, 6) is -0.110. The molecule has 2 saturated carbocycles. The number of benzene rings is 2. The molecule has 32 heavy (non-hydrogen) atoms. The third-order valence-corrected chi connectivity index (χ3v) is 8.47. The highest BCUT2D eigenvalue weighted by Gasteiger charge is 2.75. The van der Waals surface area contributed by atoms with Crippen LogP contribution in [-0.4, -0.2) is 28.0 Å². The van der Waals surface area contributed by atoms with Crippen LogP contribution in [0.25, 0.3) is 0 Å². The molecule has 2 amide bonds. The summed E-state index contributed by atoms with van der Waals surface area (Å²) >= 11 is 0. The Morgan fingerprint density at radius 1 is 1.16 bits per heavy atom. The number of para-hydroxylation sites is 1. The second-order valence-corrected chi connectivity index (χ2v) is 10.0. The van der Waals surface area contributed by atoms with Gasteiger partial charge in [-0.3, -0.25) is 9.59 Å². The van der Waals surface area contributed by atoms with Gasteiger partial charge in [0.25, 0.3) is 11.8 Å². The van der Waals surface area contributed by atoms with Crippen molar-refractivity contribution in [3.8, 4) is 0 Å². The largest absolute Gasteiger partial charge is 0.375 e. The van der Waals surface area contributed by atoms with E-state index < -0.39 is 16.9 Å². The van der Waals surface area contributed by atoms with Crippen molar-refractivity contribution < 1.29 is 14.7 Å². The van der Waals surface area contributed by atoms with Crippen molar-refractivity contribution in [1.82, 2.24) is 5.01 Å². The summed E-state index contributed by atoms with van der Waals surface area (Å²) in [6.07, 6.45) is 4.17. The first-order valence-electron chi connectivity index (χ1n) is 11.4. The first-order chi connectivity index (χ1) is 15.3. The smallest absolute Gasteiger partial charge is 0.278 e. The second kappa shape index (κ2) is 7.04. The molecule has 0 radical (unpaired) electrons. The van der Waals surface area contributed by atoms with Crippen LogP contribution in [0.1, 0.15) is 45.1 Å². The molecule has 5 rings (SSSR count). The Kier molecular flexibility index (Phi) is 4.61. The molecule has 0 unspecified atom stereocenters. The van der Waals surface area contributed by atoms with E-state index in [0.29, 0.717) is 17.2 Å². The van der Waals surface area contributed by atoms with Crippen LogP contribution in [0, 0.1) is 16.7 Å². The minimum absolute atomic E-state index is 0.0268. The molecule has 5 nitrogen and oxygen atoms in total. The molecule has 4 atom stereocenters. The molecular formula is C27H30N2O3. The van der Waals surface area contributed by atoms with Gasteiger partial charge in [-0.1, -0.05) is 68.5 Å². The fourth-order valence-electron chi connectivity index (χ4n) is 6.67. The topological polar surface area (TPSA) is 60.9 Å². The van der Waals surface area contributed by atoms with Crippen molar-refractivity contribution in [2.24, 2.45) is 16.7 Å². The van der Waals surface area contributed by atoms with E-state index in [0.717, 1.165) is 19.3 Å². The van der Waals surface area contributed by atoms with Gasteiger partial charge in [0.05, 0.1) is 17.1 Å². The first-order valence-corrected chi connectivity index (χ1v) is 11.4. The van der Waals surface area contributed by atoms with Crippen LogP contribution in [0.15, 0.2) is 73.3 Å². The third kappa shape index (κ3) is 2.49. The summed E-state index contributed by atoms with van der Waals surface area (Å²) in [6, 6.07) is 18.0. The van der Waals surface area contributed by atoms with E-state index in [2.05, 4.69) is 20.4 Å². The molecule has 3 fully saturated rings. The molecule has 1 saturated heterocycles. The maximum Gasteiger partial charge on any atom is 0.278 e. The molecule has 1 N–H and O–H groups in total. The number of hydrogen-bond donors (Lipinski definition) is 1. The standard InChI is InChI=1S/C27H30N2O3/c1-4-16-27(32,19-11-7-5-8-12-19)24(31)29-22-18-20-15-17-26(22,25(20,2)3)23(30)28(29)21-13-9-6-10-14-21/h4-14,20,22,32H,1,15-18H2,2-3H3/t20-,22-,26+,27-/m1/s1. The van der Waals surface area contributed by atoms with Gasteiger partial charge in [-0.05, 0) is 48.3 Å². The maximum absolute atomic E-state index is 14.2. The lowest BCUT2D eigenvalue weighted by Gasteiger charge is -2.39. The molecule has 1 spiro atoms. The zero-order valence-electron chi connectivity index (χ0n) is 18.7. The number of anilines is 1. The highest BCUT2D eigenvalue weighted by Crippen LogP contribution is 2.70. The summed E-state index contributed by atoms with van der Waals surface area (Å²) in [7, 11) is 0. The number of rotatable bonds is 5. The predicted molar refractivity (Wildman–Crippen MR) is 123 cm³/mol. The molecule has 3 aliphatic rings. The van der Waals surface area contributed by atoms with Gasteiger partial charge in [-0.2, -0.15) is 0 Å². The van der Waals surface area contributed by atoms with Crippen LogP contribution in [0.5, 0.6) is 0 Å². The molecule has 2 aliphatic carbocycles. The van der Waals surface area contributed by atoms with Crippen LogP contribution in [0.3, 0.4) is 0 Å². The Hall–Kier alpha value is -2.92. The average Bonchev–Trinajstić information content (AvgIpc) is 3.32. The summed E-state index contributed by atoms with van der Waals surface area (Å²) in [4.78, 5) is 28.4. The molecule has 2 bridgehead atoms. The van der Waals surface area contributed by atoms with Gasteiger partial charge >= 0.3 is 0 Å². The summed E-state index contributed by atoms with van der Waals surface area (Å²) in [5, 5.41) is 14.9. The fourth-order valence-corrected chi connectivity index (χ4v) is 6.67. The minimum atomic E-state index is -1.80. The number of amides is 2. The van der Waals surface area contributed by atoms with Crippen molar-refractivity contribution >= 4 is 17.5 Å². The molecule has 1 heterocycles. The van der Waals surface area contributed by atoms with Crippen LogP contribution in [-0.2, 0) is 15.2 Å². The van der Waals surface area contributed by atoms with Crippen LogP contribution < -0.4 is 5.01 Å². The van der Waals surface area contributed by atoms with Gasteiger partial charge in [-0.25, -0.2) is 10.0 Å². The van der Waals surface area contributed by atoms with Crippen molar-refractivity contribution in [2.75, 3.05) is 5.01 Å². The minimum Gasteiger partial charge on any atom is -0.375 e. The first kappa shape index (κ1) is 21.0. The lowest BCUT2D eigenvalue weighted by atomic mass is 9.67. The zero-order valence-corrected chi connectivity index (χ0v) is 18.7. The highest BCUT2D eigenvalue weighted by atomic mass is 16.3. The number of hydrogen-bond acceptors (Lipinski definition) is 3. The summed E-state index contributed by atoms with van der Waals surface area (Å²) < 4.78 is 0. The van der Waals surface area contributed by atoms with Crippen LogP contribution in [0.4, 0.5) is 5.69 Å². The SMILES string of the molecule is C=CC[C@](O)(C(=O)N1[C@@H]2C[C@H]3CC[C@]2(C(=O)N1c1ccccc1)C3(C)C)c1ccccc1. The third-order valence-electron chi connectivity index (χ3n) is 8.47. The Balaban J connectivity index is 1.68. The Labute approximate surface area is 189 Å². The van der Waals surface area contributed by atoms with Crippen LogP contribution in [0.2, 0.25) is 0 Å². The maximum atomic E-state index is 14.2. The van der Waals surface area contributed by atoms with Gasteiger partial charge in [0.2, 0.25) is 0 Å². The van der Waals surface area contributed by atoms with E-state index in [9.17, 15) is 14.7 Å². The van der Waals surface area contributed by atoms with E-state index in [1.807, 2.05) is 48.5 Å². The highest BCUT2D eigenvalue weighted by molar-refractivity contribution is 6.06. The van der Waals surface area contributed by atoms with Crippen LogP contribution >= 0.6 is 0 Å². The lowest BCUT2D eigenvalue weighted by molar-refractivity contribution is -0.155. The number of hydrazine groups is 1. The van der Waals surface area contributed by atoms with Gasteiger partial charge in [-0.15, -0.1) is 6.58 Å². The van der Waals surface area contributed by atoms with E-state index in [-0.39, 0.29) is 23.8 Å². The summed E-state index contributed by atoms with van der Waals surface area (Å²) in [6.45, 7) is 8.13. The molecule has 166 valence electrons. The number of aliphatic hydroxyl groups is 1. The second-order valence-electron chi connectivity index (χ2n) is 10.0. The number of carbonyl (C=O) groups is 2. The Morgan fingerprint density at radius 2 is 1.78 bits per heavy atom. The molecule has 0 aromatic heterocycles. The molecular weight excluding hydrogens is 400 g/mol. The van der Waals surface area contributed by atoms with E-state index in [1.54, 1.807) is 28.2 Å². The Morgan fingerprint density at radius 3 is 2.38 bits per heavy atom. The van der Waals surface area contributed by atoms with Gasteiger partial charge in [0.1, 0.15) is 0 Å². The van der Waals surface area contributed by atoms with Crippen molar-refractivity contribution in [1.29, 1.82) is 0 Å². The van der Waals surface area contributed by atoms with E-state index in [4.69, 9.17) is 0 Å². The normalized spacial score (nSPS) is 29.7. The predicted octanol–water partition coefficient (Wildman–Crippen LogP) is 4.44. The molecule has 5 heteroatoms. The zero-order chi connectivity index (χ0) is 22.7. The van der Waals surface area contributed by atoms with E-state index in [1.165, 1.54) is 0 Å². The summed E-state index contributed by atoms with van der Waals surface area (Å²) in [5.41, 5.74) is -1.47. The van der Waals surface area contributed by atoms with Crippen molar-refractivity contribution in [2.45, 2.75) is 51.2 Å². The van der Waals surface area contributed by atoms with Gasteiger partial charge in [0, 0.05) is 6.42 Å². The van der Waals surface area contributed by atoms with Crippen molar-refractivity contribution in [3.63, 3.8) is 0 Å². The lowest BCUT2D eigenvalue weighted by Crippen LogP contribution is -2.55. The molecule has 2 aromatic rings. The average molecular weight is 431 g/mol. The Bertz CT molecular complexity index is 1070. The van der Waals surface area contributed by atoms with Gasteiger partial charge in [0.15, 0.2) is 5.60 Å². The molecule has 1 aliphatic heterocycles. The number of fused-ring (bicyclic) bond motifs is 1. The fraction of sp³-hybridized carbons (Fsp3) is 0.407. The van der Waals surface area contributed by atoms with E-state index >= 15 is 0 Å². The quantitative estimate of drug-likeness (QED) is 0.714. The number of nitrogens with zero attached hydrogens (tertiary/aromatic N) is 2. The monoisotopic (exact) mass is 430 g/mol. The van der Waals surface area contributed by atoms with Gasteiger partial charge < -0.3 is 5.11 Å². The van der Waals surface area contributed by atoms with Crippen molar-refractivity contribution in [3.05, 3.63) is 78.9 Å². The number of carbonyl (C=O) groups excluding carboxylic acids is 2. The molecule has 2 aromatic carbocycles.